The molecule has 1 fully saturated rings. The van der Waals surface area contributed by atoms with E-state index < -0.39 is 0 Å². The van der Waals surface area contributed by atoms with E-state index in [9.17, 15) is 4.79 Å². The van der Waals surface area contributed by atoms with Gasteiger partial charge < -0.3 is 20.5 Å². The Balaban J connectivity index is 1.62. The molecule has 2 heterocycles. The number of aromatic nitrogens is 3. The fourth-order valence-electron chi connectivity index (χ4n) is 4.99. The van der Waals surface area contributed by atoms with E-state index in [1.807, 2.05) is 12.3 Å². The molecule has 0 spiro atoms. The number of rotatable bonds is 9. The molecular weight excluding hydrogens is 412 g/mol. The molecule has 1 aliphatic carbocycles. The number of fused-ring (bicyclic) bond motifs is 1. The lowest BCUT2D eigenvalue weighted by Gasteiger charge is -2.19. The van der Waals surface area contributed by atoms with E-state index in [0.29, 0.717) is 30.1 Å². The lowest BCUT2D eigenvalue weighted by atomic mass is 9.91. The second-order valence-corrected chi connectivity index (χ2v) is 9.32. The Bertz CT molecular complexity index is 1080. The van der Waals surface area contributed by atoms with Gasteiger partial charge in [0.05, 0.1) is 0 Å². The Morgan fingerprint density at radius 3 is 2.58 bits per heavy atom. The summed E-state index contributed by atoms with van der Waals surface area (Å²) in [5, 5.41) is 4.25. The van der Waals surface area contributed by atoms with E-state index in [0.717, 1.165) is 48.8 Å². The fraction of sp³-hybridized carbons (Fsp3) is 0.500. The first-order valence-electron chi connectivity index (χ1n) is 12.2. The third-order valence-electron chi connectivity index (χ3n) is 6.68. The summed E-state index contributed by atoms with van der Waals surface area (Å²) in [5.41, 5.74) is 9.61. The SMILES string of the molecule is CCCC(CCN)c1ccc(Nc2ncc3cc(C(=O)N(C)C)n(C4CCCC4)c3n2)cc1. The van der Waals surface area contributed by atoms with Crippen molar-refractivity contribution < 1.29 is 4.79 Å². The number of carbonyl (C=O) groups excluding carboxylic acids is 1. The highest BCUT2D eigenvalue weighted by Crippen LogP contribution is 2.35. The number of carbonyl (C=O) groups is 1. The molecule has 0 aliphatic heterocycles. The normalized spacial score (nSPS) is 15.2. The van der Waals surface area contributed by atoms with Gasteiger partial charge in [-0.25, -0.2) is 4.98 Å². The molecule has 7 nitrogen and oxygen atoms in total. The van der Waals surface area contributed by atoms with Crippen LogP contribution in [-0.2, 0) is 0 Å². The van der Waals surface area contributed by atoms with Gasteiger partial charge in [-0.2, -0.15) is 4.98 Å². The average Bonchev–Trinajstić information content (AvgIpc) is 3.46. The first-order chi connectivity index (χ1) is 16.0. The summed E-state index contributed by atoms with van der Waals surface area (Å²) in [7, 11) is 3.58. The van der Waals surface area contributed by atoms with Gasteiger partial charge in [0.2, 0.25) is 5.95 Å². The third-order valence-corrected chi connectivity index (χ3v) is 6.68. The van der Waals surface area contributed by atoms with Crippen molar-refractivity contribution in [1.82, 2.24) is 19.4 Å². The Labute approximate surface area is 196 Å². The van der Waals surface area contributed by atoms with Crippen molar-refractivity contribution in [2.45, 2.75) is 63.8 Å². The number of nitrogens with two attached hydrogens (primary N) is 1. The number of nitrogens with zero attached hydrogens (tertiary/aromatic N) is 4. The van der Waals surface area contributed by atoms with Crippen LogP contribution in [0.3, 0.4) is 0 Å². The van der Waals surface area contributed by atoms with Gasteiger partial charge in [-0.3, -0.25) is 4.79 Å². The van der Waals surface area contributed by atoms with Crippen LogP contribution in [0.2, 0.25) is 0 Å². The number of benzene rings is 1. The highest BCUT2D eigenvalue weighted by Gasteiger charge is 2.26. The predicted octanol–water partition coefficient (Wildman–Crippen LogP) is 5.22. The minimum absolute atomic E-state index is 0.00381. The van der Waals surface area contributed by atoms with Crippen LogP contribution >= 0.6 is 0 Å². The zero-order valence-corrected chi connectivity index (χ0v) is 20.1. The predicted molar refractivity (Wildman–Crippen MR) is 134 cm³/mol. The Kier molecular flexibility index (Phi) is 7.28. The maximum atomic E-state index is 12.9. The minimum atomic E-state index is 0.00381. The molecule has 176 valence electrons. The van der Waals surface area contributed by atoms with Gasteiger partial charge in [-0.15, -0.1) is 0 Å². The molecule has 1 aliphatic rings. The molecular formula is C26H36N6O. The van der Waals surface area contributed by atoms with Crippen molar-refractivity contribution in [2.75, 3.05) is 26.0 Å². The highest BCUT2D eigenvalue weighted by molar-refractivity contribution is 5.97. The molecule has 3 aromatic rings. The van der Waals surface area contributed by atoms with Crippen molar-refractivity contribution in [3.8, 4) is 0 Å². The van der Waals surface area contributed by atoms with Crippen molar-refractivity contribution in [2.24, 2.45) is 5.73 Å². The maximum Gasteiger partial charge on any atom is 0.270 e. The standard InChI is InChI=1S/C26H36N6O/c1-4-7-18(14-15-27)19-10-12-21(13-11-19)29-26-28-17-20-16-23(25(33)31(2)3)32(24(20)30-26)22-8-5-6-9-22/h10-13,16-18,22H,4-9,14-15,27H2,1-3H3,(H,28,29,30). The van der Waals surface area contributed by atoms with Crippen LogP contribution in [-0.4, -0.2) is 46.0 Å². The smallest absolute Gasteiger partial charge is 0.270 e. The van der Waals surface area contributed by atoms with Crippen LogP contribution in [0.15, 0.2) is 36.5 Å². The Hall–Kier alpha value is -2.93. The molecule has 0 bridgehead atoms. The summed E-state index contributed by atoms with van der Waals surface area (Å²) in [6, 6.07) is 10.7. The molecule has 3 N–H and O–H groups in total. The summed E-state index contributed by atoms with van der Waals surface area (Å²) >= 11 is 0. The lowest BCUT2D eigenvalue weighted by molar-refractivity contribution is 0.0815. The molecule has 33 heavy (non-hydrogen) atoms. The number of hydrogen-bond acceptors (Lipinski definition) is 5. The van der Waals surface area contributed by atoms with Crippen LogP contribution in [0.1, 0.15) is 79.9 Å². The van der Waals surface area contributed by atoms with E-state index in [4.69, 9.17) is 10.7 Å². The highest BCUT2D eigenvalue weighted by atomic mass is 16.2. The molecule has 0 saturated heterocycles. The van der Waals surface area contributed by atoms with Gasteiger partial charge in [0.1, 0.15) is 11.3 Å². The third kappa shape index (κ3) is 5.03. The van der Waals surface area contributed by atoms with Gasteiger partial charge in [0.25, 0.3) is 5.91 Å². The molecule has 2 aromatic heterocycles. The van der Waals surface area contributed by atoms with Crippen LogP contribution in [0.25, 0.3) is 11.0 Å². The quantitative estimate of drug-likeness (QED) is 0.468. The molecule has 4 rings (SSSR count). The van der Waals surface area contributed by atoms with Crippen molar-refractivity contribution in [1.29, 1.82) is 0 Å². The van der Waals surface area contributed by atoms with Crippen LogP contribution in [0.5, 0.6) is 0 Å². The van der Waals surface area contributed by atoms with Gasteiger partial charge in [-0.1, -0.05) is 38.3 Å². The summed E-state index contributed by atoms with van der Waals surface area (Å²) in [4.78, 5) is 23.9. The number of amides is 1. The fourth-order valence-corrected chi connectivity index (χ4v) is 4.99. The van der Waals surface area contributed by atoms with Gasteiger partial charge >= 0.3 is 0 Å². The van der Waals surface area contributed by atoms with Gasteiger partial charge in [0, 0.05) is 37.4 Å². The molecule has 1 unspecified atom stereocenters. The van der Waals surface area contributed by atoms with Crippen LogP contribution in [0, 0.1) is 0 Å². The zero-order chi connectivity index (χ0) is 23.4. The van der Waals surface area contributed by atoms with Crippen LogP contribution < -0.4 is 11.1 Å². The molecule has 1 atom stereocenters. The van der Waals surface area contributed by atoms with E-state index in [2.05, 4.69) is 46.1 Å². The van der Waals surface area contributed by atoms with E-state index in [1.54, 1.807) is 19.0 Å². The van der Waals surface area contributed by atoms with Crippen LogP contribution in [0.4, 0.5) is 11.6 Å². The number of anilines is 2. The summed E-state index contributed by atoms with van der Waals surface area (Å²) in [6.07, 6.45) is 9.65. The number of hydrogen-bond donors (Lipinski definition) is 2. The van der Waals surface area contributed by atoms with E-state index in [1.165, 1.54) is 18.4 Å². The zero-order valence-electron chi connectivity index (χ0n) is 20.1. The lowest BCUT2D eigenvalue weighted by Crippen LogP contribution is -2.25. The molecule has 1 saturated carbocycles. The summed E-state index contributed by atoms with van der Waals surface area (Å²) < 4.78 is 2.14. The van der Waals surface area contributed by atoms with Crippen molar-refractivity contribution >= 4 is 28.6 Å². The van der Waals surface area contributed by atoms with Crippen molar-refractivity contribution in [3.63, 3.8) is 0 Å². The molecule has 7 heteroatoms. The second-order valence-electron chi connectivity index (χ2n) is 9.32. The topological polar surface area (TPSA) is 89.1 Å². The Morgan fingerprint density at radius 2 is 1.94 bits per heavy atom. The first-order valence-corrected chi connectivity index (χ1v) is 12.2. The van der Waals surface area contributed by atoms with Gasteiger partial charge in [0.15, 0.2) is 0 Å². The molecule has 0 radical (unpaired) electrons. The number of nitrogens with one attached hydrogen (secondary N) is 1. The van der Waals surface area contributed by atoms with Crippen molar-refractivity contribution in [3.05, 3.63) is 47.8 Å². The van der Waals surface area contributed by atoms with Gasteiger partial charge in [-0.05, 0) is 61.9 Å². The summed E-state index contributed by atoms with van der Waals surface area (Å²) in [6.45, 7) is 2.92. The average molecular weight is 449 g/mol. The minimum Gasteiger partial charge on any atom is -0.343 e. The molecule has 1 aromatic carbocycles. The van der Waals surface area contributed by atoms with E-state index in [-0.39, 0.29) is 5.91 Å². The monoisotopic (exact) mass is 448 g/mol. The molecule has 1 amide bonds. The summed E-state index contributed by atoms with van der Waals surface area (Å²) in [5.74, 6) is 1.05. The second kappa shape index (κ2) is 10.3. The van der Waals surface area contributed by atoms with E-state index >= 15 is 0 Å². The Morgan fingerprint density at radius 1 is 1.21 bits per heavy atom. The maximum absolute atomic E-state index is 12.9. The first kappa shape index (κ1) is 23.2. The largest absolute Gasteiger partial charge is 0.343 e.